The molecule has 0 radical (unpaired) electrons. The molecular weight excluding hydrogens is 422 g/mol. The van der Waals surface area contributed by atoms with E-state index in [-0.39, 0.29) is 21.7 Å². The summed E-state index contributed by atoms with van der Waals surface area (Å²) in [4.78, 5) is 8.78. The van der Waals surface area contributed by atoms with Gasteiger partial charge in [-0.3, -0.25) is 12.2 Å². The molecular formula is C19H14F6O2Ti. The maximum Gasteiger partial charge on any atom is 4.00 e. The van der Waals surface area contributed by atoms with Crippen molar-refractivity contribution in [2.45, 2.75) is 25.2 Å². The van der Waals surface area contributed by atoms with Crippen LogP contribution >= 0.6 is 0 Å². The molecule has 0 saturated carbocycles. The number of rotatable bonds is 0. The Kier molecular flexibility index (Phi) is 15.0. The molecule has 2 aliphatic rings. The van der Waals surface area contributed by atoms with Crippen LogP contribution in [0.25, 0.3) is 0 Å². The van der Waals surface area contributed by atoms with Crippen molar-refractivity contribution in [2.75, 3.05) is 0 Å². The van der Waals surface area contributed by atoms with Crippen molar-refractivity contribution in [3.63, 3.8) is 0 Å². The largest absolute Gasteiger partial charge is 4.00 e. The fourth-order valence-corrected chi connectivity index (χ4v) is 1.25. The summed E-state index contributed by atoms with van der Waals surface area (Å²) in [6, 6.07) is 7.14. The third-order valence-corrected chi connectivity index (χ3v) is 2.42. The molecule has 0 saturated heterocycles. The number of hydrogen-bond donors (Lipinski definition) is 0. The maximum absolute atomic E-state index is 11.8. The third kappa shape index (κ3) is 16.1. The second kappa shape index (κ2) is 14.9. The van der Waals surface area contributed by atoms with Gasteiger partial charge in [0.05, 0.1) is 0 Å². The van der Waals surface area contributed by atoms with Gasteiger partial charge in [0.25, 0.3) is 0 Å². The van der Waals surface area contributed by atoms with Gasteiger partial charge in [0, 0.05) is 0 Å². The van der Waals surface area contributed by atoms with Crippen LogP contribution < -0.4 is 5.11 Å². The van der Waals surface area contributed by atoms with Gasteiger partial charge in [0.2, 0.25) is 0 Å². The number of halogens is 6. The molecule has 3 rings (SSSR count). The third-order valence-electron chi connectivity index (χ3n) is 2.42. The molecule has 0 heterocycles. The number of carboxylic acid groups (broad SMARTS) is 1. The van der Waals surface area contributed by atoms with Crippen molar-refractivity contribution < 1.29 is 58.0 Å². The molecule has 0 amide bonds. The summed E-state index contributed by atoms with van der Waals surface area (Å²) in [7, 11) is 0. The van der Waals surface area contributed by atoms with E-state index in [1.165, 1.54) is 18.2 Å². The Balaban J connectivity index is 0. The van der Waals surface area contributed by atoms with E-state index in [9.17, 15) is 26.3 Å². The summed E-state index contributed by atoms with van der Waals surface area (Å²) < 4.78 is 66.8. The van der Waals surface area contributed by atoms with Crippen molar-refractivity contribution in [3.05, 3.63) is 84.5 Å². The predicted molar refractivity (Wildman–Crippen MR) is 84.5 cm³/mol. The van der Waals surface area contributed by atoms with Crippen LogP contribution in [0.1, 0.15) is 18.4 Å². The van der Waals surface area contributed by atoms with E-state index in [1.54, 1.807) is 0 Å². The molecule has 0 aromatic heterocycles. The monoisotopic (exact) mass is 436 g/mol. The number of carbonyl (C=O) groups is 1. The Bertz CT molecular complexity index is 617. The summed E-state index contributed by atoms with van der Waals surface area (Å²) in [6.07, 6.45) is 10.5. The molecule has 0 spiro atoms. The molecule has 0 N–H and O–H groups in total. The Morgan fingerprint density at radius 2 is 1.39 bits per heavy atom. The minimum Gasteiger partial charge on any atom is -0.542 e. The van der Waals surface area contributed by atoms with E-state index in [2.05, 4.69) is 30.4 Å². The summed E-state index contributed by atoms with van der Waals surface area (Å²) in [5.41, 5.74) is -0.727. The molecule has 0 unspecified atom stereocenters. The van der Waals surface area contributed by atoms with Crippen LogP contribution in [0.15, 0.2) is 60.7 Å². The standard InChI is InChI=1S/C7H4F3.2C5H5.C2HF3O2.Ti/c8-7(9,10)6-4-2-1-3-5-6;2*1-2-4-5-3-1;3-2(4,5)1(6)7;/h1-4H;2*1-3H,4H2;(H,6,7);/q3*-1;;+4/p-1. The zero-order valence-electron chi connectivity index (χ0n) is 14.3. The number of aliphatic carboxylic acids is 1. The van der Waals surface area contributed by atoms with E-state index in [4.69, 9.17) is 9.90 Å². The molecule has 1 aromatic carbocycles. The van der Waals surface area contributed by atoms with Gasteiger partial charge < -0.3 is 9.90 Å². The van der Waals surface area contributed by atoms with Gasteiger partial charge in [0.1, 0.15) is 5.97 Å². The molecule has 0 bridgehead atoms. The molecule has 0 atom stereocenters. The second-order valence-corrected chi connectivity index (χ2v) is 4.57. The van der Waals surface area contributed by atoms with Gasteiger partial charge in [-0.2, -0.15) is 68.8 Å². The van der Waals surface area contributed by atoms with Gasteiger partial charge in [-0.05, 0) is 0 Å². The Labute approximate surface area is 173 Å². The zero-order chi connectivity index (χ0) is 20.8. The summed E-state index contributed by atoms with van der Waals surface area (Å²) in [5, 5.41) is 8.78. The Morgan fingerprint density at radius 1 is 0.929 bits per heavy atom. The van der Waals surface area contributed by atoms with E-state index in [1.807, 2.05) is 24.3 Å². The zero-order valence-corrected chi connectivity index (χ0v) is 15.8. The second-order valence-electron chi connectivity index (χ2n) is 4.57. The molecule has 2 nitrogen and oxygen atoms in total. The average molecular weight is 436 g/mol. The van der Waals surface area contributed by atoms with Crippen molar-refractivity contribution in [1.29, 1.82) is 0 Å². The topological polar surface area (TPSA) is 40.1 Å². The van der Waals surface area contributed by atoms with Gasteiger partial charge in [-0.1, -0.05) is 5.56 Å². The van der Waals surface area contributed by atoms with E-state index in [0.29, 0.717) is 0 Å². The first-order chi connectivity index (χ1) is 12.5. The fraction of sp³-hybridized carbons (Fsp3) is 0.211. The van der Waals surface area contributed by atoms with Crippen LogP contribution in [0, 0.1) is 18.2 Å². The van der Waals surface area contributed by atoms with E-state index >= 15 is 0 Å². The van der Waals surface area contributed by atoms with E-state index < -0.39 is 23.9 Å². The van der Waals surface area contributed by atoms with Crippen LogP contribution in [0.5, 0.6) is 0 Å². The average Bonchev–Trinajstić information content (AvgIpc) is 3.33. The Hall–Kier alpha value is -2.06. The molecule has 148 valence electrons. The number of carbonyl (C=O) groups excluding carboxylic acids is 1. The molecule has 9 heteroatoms. The van der Waals surface area contributed by atoms with Crippen molar-refractivity contribution in [1.82, 2.24) is 0 Å². The summed E-state index contributed by atoms with van der Waals surface area (Å²) >= 11 is 0. The minimum absolute atomic E-state index is 0. The van der Waals surface area contributed by atoms with Crippen molar-refractivity contribution >= 4 is 5.97 Å². The summed E-state index contributed by atoms with van der Waals surface area (Å²) in [5.74, 6) is -3.01. The fourth-order valence-electron chi connectivity index (χ4n) is 1.25. The number of alkyl halides is 6. The minimum atomic E-state index is -5.19. The molecule has 0 aliphatic heterocycles. The molecule has 1 aromatic rings. The van der Waals surface area contributed by atoms with E-state index in [0.717, 1.165) is 18.9 Å². The van der Waals surface area contributed by atoms with Crippen LogP contribution in [0.3, 0.4) is 0 Å². The number of benzene rings is 1. The van der Waals surface area contributed by atoms with Crippen molar-refractivity contribution in [3.8, 4) is 0 Å². The molecule has 0 fully saturated rings. The first-order valence-corrected chi connectivity index (χ1v) is 7.30. The maximum atomic E-state index is 11.8. The van der Waals surface area contributed by atoms with Crippen LogP contribution in [-0.4, -0.2) is 12.1 Å². The Morgan fingerprint density at radius 3 is 1.54 bits per heavy atom. The SMILES string of the molecule is FC(F)(F)c1[c-]cccc1.O=C([O-])C(F)(F)F.[C-]1=CC=CC1.[C-]1=CC=CC1.[Ti+4]. The van der Waals surface area contributed by atoms with Crippen LogP contribution in [-0.2, 0) is 32.7 Å². The van der Waals surface area contributed by atoms with Crippen LogP contribution in [0.4, 0.5) is 26.3 Å². The van der Waals surface area contributed by atoms with Gasteiger partial charge >= 0.3 is 34.1 Å². The summed E-state index contributed by atoms with van der Waals surface area (Å²) in [6.45, 7) is 0. The number of allylic oxidation sites excluding steroid dienone is 8. The number of hydrogen-bond acceptors (Lipinski definition) is 2. The first-order valence-electron chi connectivity index (χ1n) is 7.30. The number of carboxylic acids is 1. The normalized spacial score (nSPS) is 13.2. The molecule has 2 aliphatic carbocycles. The van der Waals surface area contributed by atoms with Gasteiger partial charge in [0.15, 0.2) is 0 Å². The first kappa shape index (κ1) is 28.2. The molecule has 28 heavy (non-hydrogen) atoms. The smallest absolute Gasteiger partial charge is 0.542 e. The van der Waals surface area contributed by atoms with Crippen LogP contribution in [0.2, 0.25) is 0 Å². The predicted octanol–water partition coefficient (Wildman–Crippen LogP) is 4.41. The van der Waals surface area contributed by atoms with Gasteiger partial charge in [-0.25, -0.2) is 24.3 Å². The quantitative estimate of drug-likeness (QED) is 0.344. The van der Waals surface area contributed by atoms with Crippen molar-refractivity contribution in [2.24, 2.45) is 0 Å². The van der Waals surface area contributed by atoms with Gasteiger partial charge in [-0.15, -0.1) is 12.8 Å².